The maximum absolute atomic E-state index is 11.9. The van der Waals surface area contributed by atoms with Crippen LogP contribution in [0.15, 0.2) is 24.3 Å². The number of urea groups is 1. The molecule has 0 radical (unpaired) electrons. The molecule has 0 spiro atoms. The summed E-state index contributed by atoms with van der Waals surface area (Å²) in [7, 11) is -1.66. The monoisotopic (exact) mass is 313 g/mol. The number of nitrogens with zero attached hydrogens (tertiary/aromatic N) is 1. The van der Waals surface area contributed by atoms with Gasteiger partial charge in [-0.2, -0.15) is 0 Å². The van der Waals surface area contributed by atoms with Crippen molar-refractivity contribution in [2.75, 3.05) is 42.2 Å². The molecule has 0 bridgehead atoms. The first-order chi connectivity index (χ1) is 10.0. The number of benzene rings is 1. The topological polar surface area (TPSA) is 87.7 Å². The number of ether oxygens (including phenoxy) is 1. The molecule has 8 heteroatoms. The number of sulfonamides is 1. The van der Waals surface area contributed by atoms with Crippen molar-refractivity contribution < 1.29 is 17.9 Å². The van der Waals surface area contributed by atoms with Crippen LogP contribution in [-0.4, -0.2) is 47.0 Å². The molecule has 7 nitrogen and oxygen atoms in total. The van der Waals surface area contributed by atoms with Crippen molar-refractivity contribution in [3.05, 3.63) is 24.3 Å². The van der Waals surface area contributed by atoms with E-state index in [-0.39, 0.29) is 11.8 Å². The molecule has 1 saturated heterocycles. The number of hydrogen-bond acceptors (Lipinski definition) is 4. The van der Waals surface area contributed by atoms with Crippen molar-refractivity contribution in [1.29, 1.82) is 0 Å². The van der Waals surface area contributed by atoms with Crippen molar-refractivity contribution >= 4 is 27.4 Å². The predicted octanol–water partition coefficient (Wildman–Crippen LogP) is 0.994. The Hall–Kier alpha value is -1.80. The minimum absolute atomic E-state index is 0.169. The van der Waals surface area contributed by atoms with E-state index in [1.165, 1.54) is 4.31 Å². The van der Waals surface area contributed by atoms with Crippen LogP contribution < -0.4 is 14.9 Å². The molecule has 116 valence electrons. The molecule has 2 amide bonds. The zero-order valence-corrected chi connectivity index (χ0v) is 12.6. The average Bonchev–Trinajstić information content (AvgIpc) is 2.79. The van der Waals surface area contributed by atoms with Crippen molar-refractivity contribution in [1.82, 2.24) is 5.32 Å². The van der Waals surface area contributed by atoms with Gasteiger partial charge in [-0.1, -0.05) is 6.07 Å². The number of methoxy groups -OCH3 is 1. The molecule has 1 fully saturated rings. The van der Waals surface area contributed by atoms with Crippen LogP contribution in [0.1, 0.15) is 6.42 Å². The van der Waals surface area contributed by atoms with Gasteiger partial charge in [-0.05, 0) is 24.6 Å². The number of anilines is 2. The quantitative estimate of drug-likeness (QED) is 0.794. The van der Waals surface area contributed by atoms with E-state index in [1.807, 2.05) is 0 Å². The average molecular weight is 313 g/mol. The summed E-state index contributed by atoms with van der Waals surface area (Å²) >= 11 is 0. The standard InChI is InChI=1S/C13H19N3O4S/c1-20-8-6-14-13(17)15-11-4-2-5-12(10-11)16-7-3-9-21(16,18)19/h2,4-5,10H,3,6-9H2,1H3,(H2,14,15,17). The number of amides is 2. The summed E-state index contributed by atoms with van der Waals surface area (Å²) in [6.45, 7) is 1.31. The highest BCUT2D eigenvalue weighted by Gasteiger charge is 2.28. The number of carbonyl (C=O) groups is 1. The fraction of sp³-hybridized carbons (Fsp3) is 0.462. The van der Waals surface area contributed by atoms with E-state index in [0.717, 1.165) is 0 Å². The molecule has 0 atom stereocenters. The summed E-state index contributed by atoms with van der Waals surface area (Å²) in [5.41, 5.74) is 1.12. The molecule has 1 aliphatic rings. The second-order valence-corrected chi connectivity index (χ2v) is 6.68. The van der Waals surface area contributed by atoms with Crippen molar-refractivity contribution in [2.24, 2.45) is 0 Å². The summed E-state index contributed by atoms with van der Waals surface area (Å²) in [6, 6.07) is 6.44. The number of nitrogens with one attached hydrogen (secondary N) is 2. The van der Waals surface area contributed by atoms with E-state index in [1.54, 1.807) is 31.4 Å². The van der Waals surface area contributed by atoms with E-state index >= 15 is 0 Å². The third-order valence-electron chi connectivity index (χ3n) is 3.08. The van der Waals surface area contributed by atoms with Gasteiger partial charge in [0.15, 0.2) is 0 Å². The van der Waals surface area contributed by atoms with Crippen LogP contribution >= 0.6 is 0 Å². The van der Waals surface area contributed by atoms with Gasteiger partial charge < -0.3 is 15.4 Å². The second-order valence-electron chi connectivity index (χ2n) is 4.67. The summed E-state index contributed by atoms with van der Waals surface area (Å²) in [5, 5.41) is 5.30. The molecule has 1 aromatic rings. The zero-order valence-electron chi connectivity index (χ0n) is 11.8. The SMILES string of the molecule is COCCNC(=O)Nc1cccc(N2CCCS2(=O)=O)c1. The summed E-state index contributed by atoms with van der Waals surface area (Å²) in [4.78, 5) is 11.6. The molecular weight excluding hydrogens is 294 g/mol. The smallest absolute Gasteiger partial charge is 0.319 e. The lowest BCUT2D eigenvalue weighted by Gasteiger charge is -2.17. The first-order valence-electron chi connectivity index (χ1n) is 6.67. The molecule has 21 heavy (non-hydrogen) atoms. The van der Waals surface area contributed by atoms with Gasteiger partial charge in [0.2, 0.25) is 10.0 Å². The van der Waals surface area contributed by atoms with E-state index in [4.69, 9.17) is 4.74 Å². The van der Waals surface area contributed by atoms with E-state index in [2.05, 4.69) is 10.6 Å². The molecule has 1 aliphatic heterocycles. The Balaban J connectivity index is 2.03. The van der Waals surface area contributed by atoms with E-state index in [9.17, 15) is 13.2 Å². The number of rotatable bonds is 5. The molecule has 0 unspecified atom stereocenters. The maximum Gasteiger partial charge on any atom is 0.319 e. The van der Waals surface area contributed by atoms with Crippen molar-refractivity contribution in [3.8, 4) is 0 Å². The largest absolute Gasteiger partial charge is 0.383 e. The summed E-state index contributed by atoms with van der Waals surface area (Å²) < 4.78 is 30.0. The number of hydrogen-bond donors (Lipinski definition) is 2. The van der Waals surface area contributed by atoms with Gasteiger partial charge in [-0.15, -0.1) is 0 Å². The molecule has 2 N–H and O–H groups in total. The van der Waals surface area contributed by atoms with Crippen LogP contribution in [0.3, 0.4) is 0 Å². The Morgan fingerprint density at radius 1 is 1.43 bits per heavy atom. The maximum atomic E-state index is 11.9. The molecule has 0 aliphatic carbocycles. The summed E-state index contributed by atoms with van der Waals surface area (Å²) in [6.07, 6.45) is 0.623. The summed E-state index contributed by atoms with van der Waals surface area (Å²) in [5.74, 6) is 0.169. The third-order valence-corrected chi connectivity index (χ3v) is 4.95. The highest BCUT2D eigenvalue weighted by atomic mass is 32.2. The van der Waals surface area contributed by atoms with Crippen molar-refractivity contribution in [2.45, 2.75) is 6.42 Å². The Labute approximate surface area is 124 Å². The molecule has 0 aromatic heterocycles. The third kappa shape index (κ3) is 4.08. The van der Waals surface area contributed by atoms with Crippen molar-refractivity contribution in [3.63, 3.8) is 0 Å². The lowest BCUT2D eigenvalue weighted by Crippen LogP contribution is -2.31. The van der Waals surface area contributed by atoms with Crippen LogP contribution in [0.2, 0.25) is 0 Å². The second kappa shape index (κ2) is 6.77. The zero-order chi connectivity index (χ0) is 15.3. The van der Waals surface area contributed by atoms with Gasteiger partial charge in [0, 0.05) is 25.9 Å². The van der Waals surface area contributed by atoms with Gasteiger partial charge in [-0.25, -0.2) is 13.2 Å². The van der Waals surface area contributed by atoms with Gasteiger partial charge in [0.25, 0.3) is 0 Å². The van der Waals surface area contributed by atoms with E-state index in [0.29, 0.717) is 37.5 Å². The van der Waals surface area contributed by atoms with Crippen LogP contribution in [0, 0.1) is 0 Å². The Morgan fingerprint density at radius 2 is 2.24 bits per heavy atom. The van der Waals surface area contributed by atoms with E-state index < -0.39 is 10.0 Å². The first kappa shape index (κ1) is 15.6. The normalized spacial score (nSPS) is 16.7. The van der Waals surface area contributed by atoms with Crippen LogP contribution in [0.25, 0.3) is 0 Å². The number of carbonyl (C=O) groups excluding carboxylic acids is 1. The minimum Gasteiger partial charge on any atom is -0.383 e. The highest BCUT2D eigenvalue weighted by molar-refractivity contribution is 7.93. The Kier molecular flexibility index (Phi) is 5.03. The fourth-order valence-corrected chi connectivity index (χ4v) is 3.67. The molecule has 2 rings (SSSR count). The molecule has 1 heterocycles. The Bertz CT molecular complexity index is 603. The Morgan fingerprint density at radius 3 is 2.90 bits per heavy atom. The molecule has 0 saturated carbocycles. The van der Waals surface area contributed by atoms with Gasteiger partial charge >= 0.3 is 6.03 Å². The molecule has 1 aromatic carbocycles. The fourth-order valence-electron chi connectivity index (χ4n) is 2.11. The van der Waals surface area contributed by atoms with Gasteiger partial charge in [-0.3, -0.25) is 4.31 Å². The van der Waals surface area contributed by atoms with Crippen LogP contribution in [0.5, 0.6) is 0 Å². The highest BCUT2D eigenvalue weighted by Crippen LogP contribution is 2.26. The minimum atomic E-state index is -3.21. The van der Waals surface area contributed by atoms with Crippen LogP contribution in [-0.2, 0) is 14.8 Å². The first-order valence-corrected chi connectivity index (χ1v) is 8.28. The van der Waals surface area contributed by atoms with Crippen LogP contribution in [0.4, 0.5) is 16.2 Å². The molecular formula is C13H19N3O4S. The predicted molar refractivity (Wildman–Crippen MR) is 81.1 cm³/mol. The lowest BCUT2D eigenvalue weighted by atomic mass is 10.2. The van der Waals surface area contributed by atoms with Gasteiger partial charge in [0.1, 0.15) is 0 Å². The lowest BCUT2D eigenvalue weighted by molar-refractivity contribution is 0.198. The van der Waals surface area contributed by atoms with Gasteiger partial charge in [0.05, 0.1) is 18.0 Å².